The lowest BCUT2D eigenvalue weighted by Crippen LogP contribution is -2.40. The lowest BCUT2D eigenvalue weighted by atomic mass is 9.56. The molecular weight excluding hydrogens is 573 g/mol. The van der Waals surface area contributed by atoms with E-state index in [9.17, 15) is 5.26 Å². The first-order valence-corrected chi connectivity index (χ1v) is 16.6. The highest BCUT2D eigenvalue weighted by Gasteiger charge is 2.44. The molecule has 4 heteroatoms. The van der Waals surface area contributed by atoms with Crippen molar-refractivity contribution in [2.45, 2.75) is 44.4 Å². The minimum Gasteiger partial charge on any atom is -0.208 e. The fraction of sp³-hybridized carbons (Fsp3) is 0.209. The van der Waals surface area contributed by atoms with Crippen LogP contribution in [0.25, 0.3) is 56.1 Å². The molecule has 0 aliphatic heterocycles. The van der Waals surface area contributed by atoms with E-state index >= 15 is 0 Å². The Morgan fingerprint density at radius 1 is 0.660 bits per heavy atom. The number of benzene rings is 5. The van der Waals surface area contributed by atoms with Crippen LogP contribution in [0.2, 0.25) is 0 Å². The summed E-state index contributed by atoms with van der Waals surface area (Å²) in [7, 11) is 0. The number of rotatable bonds is 5. The normalized spacial score (nSPS) is 20.6. The van der Waals surface area contributed by atoms with Crippen molar-refractivity contribution in [1.82, 2.24) is 15.0 Å². The molecule has 2 saturated carbocycles. The Bertz CT molecular complexity index is 2160. The van der Waals surface area contributed by atoms with Gasteiger partial charge in [-0.05, 0) is 95.0 Å². The van der Waals surface area contributed by atoms with Crippen LogP contribution in [0, 0.1) is 23.2 Å². The van der Waals surface area contributed by atoms with Gasteiger partial charge in [-0.25, -0.2) is 15.0 Å². The third kappa shape index (κ3) is 5.42. The molecule has 47 heavy (non-hydrogen) atoms. The zero-order chi connectivity index (χ0) is 32.0. The van der Waals surface area contributed by atoms with E-state index in [2.05, 4.69) is 80.2 Å². The first-order chi connectivity index (χ1) is 23.0. The average Bonchev–Trinajstić information content (AvgIpc) is 3.11. The highest BCUT2D eigenvalue weighted by Crippen LogP contribution is 2.53. The Balaban J connectivity index is 1.24. The Labute approximate surface area is 276 Å². The molecule has 228 valence electrons. The summed E-state index contributed by atoms with van der Waals surface area (Å²) in [6.07, 6.45) is 6.07. The monoisotopic (exact) mass is 608 g/mol. The molecule has 1 aromatic heterocycles. The van der Waals surface area contributed by atoms with Gasteiger partial charge in [-0.1, -0.05) is 116 Å². The van der Waals surface area contributed by atoms with Crippen molar-refractivity contribution >= 4 is 10.8 Å². The van der Waals surface area contributed by atoms with E-state index in [1.807, 2.05) is 54.6 Å². The molecule has 0 amide bonds. The third-order valence-corrected chi connectivity index (χ3v) is 10.2. The van der Waals surface area contributed by atoms with Crippen molar-refractivity contribution < 1.29 is 0 Å². The van der Waals surface area contributed by atoms with Crippen molar-refractivity contribution in [3.63, 3.8) is 0 Å². The topological polar surface area (TPSA) is 62.5 Å². The summed E-state index contributed by atoms with van der Waals surface area (Å²) in [5.74, 6) is 3.45. The largest absolute Gasteiger partial charge is 0.208 e. The van der Waals surface area contributed by atoms with E-state index in [0.29, 0.717) is 23.0 Å². The van der Waals surface area contributed by atoms with Crippen LogP contribution in [0.3, 0.4) is 0 Å². The number of hydrogen-bond donors (Lipinski definition) is 0. The molecule has 2 fully saturated rings. The van der Waals surface area contributed by atoms with Crippen LogP contribution in [0.4, 0.5) is 0 Å². The third-order valence-electron chi connectivity index (χ3n) is 10.2. The number of fused-ring (bicyclic) bond motifs is 3. The van der Waals surface area contributed by atoms with E-state index in [1.165, 1.54) is 36.8 Å². The predicted octanol–water partition coefficient (Wildman–Crippen LogP) is 10.6. The molecule has 2 aliphatic rings. The van der Waals surface area contributed by atoms with E-state index < -0.39 is 0 Å². The van der Waals surface area contributed by atoms with Crippen molar-refractivity contribution in [3.05, 3.63) is 139 Å². The van der Waals surface area contributed by atoms with Gasteiger partial charge in [0.05, 0.1) is 11.6 Å². The van der Waals surface area contributed by atoms with Gasteiger partial charge in [0.25, 0.3) is 0 Å². The zero-order valence-electron chi connectivity index (χ0n) is 26.7. The van der Waals surface area contributed by atoms with Crippen LogP contribution >= 0.6 is 0 Å². The molecule has 1 unspecified atom stereocenters. The Morgan fingerprint density at radius 3 is 1.96 bits per heavy atom. The Kier molecular flexibility index (Phi) is 7.26. The second-order valence-corrected chi connectivity index (χ2v) is 13.7. The summed E-state index contributed by atoms with van der Waals surface area (Å²) < 4.78 is 0. The Morgan fingerprint density at radius 2 is 1.26 bits per heavy atom. The van der Waals surface area contributed by atoms with Crippen LogP contribution < -0.4 is 0 Å². The molecule has 0 N–H and O–H groups in total. The molecule has 0 radical (unpaired) electrons. The number of aromatic nitrogens is 3. The first kappa shape index (κ1) is 29.0. The molecule has 4 nitrogen and oxygen atoms in total. The van der Waals surface area contributed by atoms with Gasteiger partial charge in [0.2, 0.25) is 0 Å². The summed E-state index contributed by atoms with van der Waals surface area (Å²) in [6.45, 7) is 6.87. The minimum atomic E-state index is 0.186. The molecule has 5 aromatic carbocycles. The van der Waals surface area contributed by atoms with E-state index in [0.717, 1.165) is 56.8 Å². The van der Waals surface area contributed by atoms with E-state index in [4.69, 9.17) is 15.0 Å². The van der Waals surface area contributed by atoms with Gasteiger partial charge in [0, 0.05) is 16.7 Å². The molecule has 8 rings (SSSR count). The number of allylic oxidation sites excluding steroid dienone is 1. The molecule has 2 bridgehead atoms. The predicted molar refractivity (Wildman–Crippen MR) is 190 cm³/mol. The minimum absolute atomic E-state index is 0.186. The van der Waals surface area contributed by atoms with Crippen LogP contribution in [0.15, 0.2) is 127 Å². The van der Waals surface area contributed by atoms with Crippen LogP contribution in [-0.2, 0) is 5.41 Å². The van der Waals surface area contributed by atoms with Gasteiger partial charge >= 0.3 is 0 Å². The van der Waals surface area contributed by atoms with Crippen molar-refractivity contribution in [2.75, 3.05) is 0 Å². The van der Waals surface area contributed by atoms with Gasteiger partial charge in [-0.15, -0.1) is 0 Å². The van der Waals surface area contributed by atoms with E-state index in [1.54, 1.807) is 0 Å². The molecule has 3 atom stereocenters. The molecule has 0 spiro atoms. The highest BCUT2D eigenvalue weighted by molar-refractivity contribution is 6.04. The molecule has 6 aromatic rings. The van der Waals surface area contributed by atoms with Crippen LogP contribution in [-0.4, -0.2) is 15.0 Å². The maximum absolute atomic E-state index is 9.30. The summed E-state index contributed by atoms with van der Waals surface area (Å²) in [6, 6.07) is 41.8. The molecule has 1 heterocycles. The second kappa shape index (κ2) is 11.8. The van der Waals surface area contributed by atoms with Gasteiger partial charge in [-0.2, -0.15) is 5.26 Å². The molecule has 0 saturated heterocycles. The number of hydrogen-bond acceptors (Lipinski definition) is 4. The van der Waals surface area contributed by atoms with E-state index in [-0.39, 0.29) is 5.41 Å². The number of nitrogens with zero attached hydrogens (tertiary/aromatic N) is 4. The van der Waals surface area contributed by atoms with Gasteiger partial charge in [-0.3, -0.25) is 0 Å². The maximum Gasteiger partial charge on any atom is 0.164 e. The quantitative estimate of drug-likeness (QED) is 0.183. The van der Waals surface area contributed by atoms with Gasteiger partial charge in [0.15, 0.2) is 17.5 Å². The fourth-order valence-electron chi connectivity index (χ4n) is 8.42. The van der Waals surface area contributed by atoms with Crippen molar-refractivity contribution in [2.24, 2.45) is 11.8 Å². The summed E-state index contributed by atoms with van der Waals surface area (Å²) in [5.41, 5.74) is 8.72. The molecular formula is C43H36N4. The summed E-state index contributed by atoms with van der Waals surface area (Å²) >= 11 is 0. The van der Waals surface area contributed by atoms with Crippen molar-refractivity contribution in [3.8, 4) is 51.4 Å². The maximum atomic E-state index is 9.30. The summed E-state index contributed by atoms with van der Waals surface area (Å²) in [4.78, 5) is 15.2. The summed E-state index contributed by atoms with van der Waals surface area (Å²) in [5, 5.41) is 11.5. The average molecular weight is 609 g/mol. The van der Waals surface area contributed by atoms with Gasteiger partial charge < -0.3 is 0 Å². The highest BCUT2D eigenvalue weighted by atomic mass is 15.0. The van der Waals surface area contributed by atoms with Crippen LogP contribution in [0.5, 0.6) is 0 Å². The molecule has 2 aliphatic carbocycles. The smallest absolute Gasteiger partial charge is 0.164 e. The van der Waals surface area contributed by atoms with Gasteiger partial charge in [0.1, 0.15) is 0 Å². The lowest BCUT2D eigenvalue weighted by molar-refractivity contribution is 0.139. The fourth-order valence-corrected chi connectivity index (χ4v) is 8.42. The Hall–Kier alpha value is -5.40. The first-order valence-electron chi connectivity index (χ1n) is 16.6. The van der Waals surface area contributed by atoms with Crippen LogP contribution in [0.1, 0.15) is 50.2 Å². The zero-order valence-corrected chi connectivity index (χ0v) is 26.7. The lowest BCUT2D eigenvalue weighted by Gasteiger charge is -2.49. The SMILES string of the molecule is C=C1C[C@@H]2C[C@H](C)CC(c3ccc(-c4nc(-c5ccccc5)nc(-c5ccc(-c6ccc(C#N)cc6)c6ccccc56)n4)cc3)(C1)C2. The standard InChI is InChI=1S/C43H36N4/c1-28-22-31-23-29(2)25-43(24-28,26-31)35-18-16-34(17-19-35)41-45-40(33-8-4-3-5-9-33)46-42(47-41)39-21-20-36(37-10-6-7-11-38(37)39)32-14-12-30(27-44)13-15-32/h3-21,29,31H,1,22-26H2,2H3/t29-,31+,43?/m0/s1. The second-order valence-electron chi connectivity index (χ2n) is 13.7. The number of nitriles is 1. The van der Waals surface area contributed by atoms with Crippen molar-refractivity contribution in [1.29, 1.82) is 5.26 Å².